The van der Waals surface area contributed by atoms with E-state index in [0.717, 1.165) is 25.9 Å². The third-order valence-corrected chi connectivity index (χ3v) is 2.69. The number of nitrogens with zero attached hydrogens (tertiary/aromatic N) is 1. The zero-order valence-corrected chi connectivity index (χ0v) is 9.76. The molecule has 0 aromatic heterocycles. The SMILES string of the molecule is CCCN(C)CCC(C)(NC)C(N)=O. The van der Waals surface area contributed by atoms with Crippen molar-refractivity contribution in [3.05, 3.63) is 0 Å². The minimum atomic E-state index is -0.581. The number of carbonyl (C=O) groups is 1. The maximum Gasteiger partial charge on any atom is 0.237 e. The van der Waals surface area contributed by atoms with Crippen LogP contribution in [0.25, 0.3) is 0 Å². The van der Waals surface area contributed by atoms with Gasteiger partial charge in [-0.05, 0) is 40.4 Å². The highest BCUT2D eigenvalue weighted by molar-refractivity contribution is 5.84. The molecule has 0 spiro atoms. The fraction of sp³-hybridized carbons (Fsp3) is 0.900. The number of hydrogen-bond donors (Lipinski definition) is 2. The summed E-state index contributed by atoms with van der Waals surface area (Å²) in [6.07, 6.45) is 1.87. The molecule has 0 aromatic rings. The second kappa shape index (κ2) is 5.98. The molecule has 0 aliphatic carbocycles. The van der Waals surface area contributed by atoms with E-state index in [-0.39, 0.29) is 5.91 Å². The molecule has 0 bridgehead atoms. The standard InChI is InChI=1S/C10H23N3O/c1-5-7-13(4)8-6-10(2,12-3)9(11)14/h12H,5-8H2,1-4H3,(H2,11,14). The van der Waals surface area contributed by atoms with Crippen molar-refractivity contribution in [2.45, 2.75) is 32.2 Å². The molecular formula is C10H23N3O. The van der Waals surface area contributed by atoms with Gasteiger partial charge in [-0.1, -0.05) is 6.92 Å². The van der Waals surface area contributed by atoms with Crippen LogP contribution >= 0.6 is 0 Å². The summed E-state index contributed by atoms with van der Waals surface area (Å²) in [7, 11) is 3.82. The lowest BCUT2D eigenvalue weighted by molar-refractivity contribution is -0.124. The Morgan fingerprint density at radius 2 is 2.07 bits per heavy atom. The average Bonchev–Trinajstić information content (AvgIpc) is 2.14. The molecule has 3 N–H and O–H groups in total. The highest BCUT2D eigenvalue weighted by Crippen LogP contribution is 2.08. The summed E-state index contributed by atoms with van der Waals surface area (Å²) < 4.78 is 0. The van der Waals surface area contributed by atoms with E-state index in [1.807, 2.05) is 6.92 Å². The van der Waals surface area contributed by atoms with Crippen molar-refractivity contribution >= 4 is 5.91 Å². The summed E-state index contributed by atoms with van der Waals surface area (Å²) in [6.45, 7) is 5.92. The van der Waals surface area contributed by atoms with E-state index in [1.165, 1.54) is 0 Å². The first-order chi connectivity index (χ1) is 6.46. The van der Waals surface area contributed by atoms with Gasteiger partial charge in [0.1, 0.15) is 0 Å². The van der Waals surface area contributed by atoms with Crippen LogP contribution in [0.3, 0.4) is 0 Å². The fourth-order valence-electron chi connectivity index (χ4n) is 1.28. The number of hydrogen-bond acceptors (Lipinski definition) is 3. The van der Waals surface area contributed by atoms with Crippen LogP contribution < -0.4 is 11.1 Å². The predicted molar refractivity (Wildman–Crippen MR) is 59.1 cm³/mol. The molecule has 84 valence electrons. The molecular weight excluding hydrogens is 178 g/mol. The summed E-state index contributed by atoms with van der Waals surface area (Å²) in [5, 5.41) is 2.97. The third-order valence-electron chi connectivity index (χ3n) is 2.69. The predicted octanol–water partition coefficient (Wildman–Crippen LogP) is 0.182. The third kappa shape index (κ3) is 4.07. The second-order valence-corrected chi connectivity index (χ2v) is 4.00. The molecule has 0 rings (SSSR count). The molecule has 0 radical (unpaired) electrons. The molecule has 0 heterocycles. The summed E-state index contributed by atoms with van der Waals surface area (Å²) >= 11 is 0. The van der Waals surface area contributed by atoms with Crippen molar-refractivity contribution in [3.8, 4) is 0 Å². The first-order valence-corrected chi connectivity index (χ1v) is 5.13. The smallest absolute Gasteiger partial charge is 0.237 e. The molecule has 1 amide bonds. The monoisotopic (exact) mass is 201 g/mol. The van der Waals surface area contributed by atoms with Gasteiger partial charge in [-0.3, -0.25) is 4.79 Å². The minimum absolute atomic E-state index is 0.287. The largest absolute Gasteiger partial charge is 0.368 e. The second-order valence-electron chi connectivity index (χ2n) is 4.00. The Morgan fingerprint density at radius 3 is 2.43 bits per heavy atom. The lowest BCUT2D eigenvalue weighted by Crippen LogP contribution is -2.52. The Bertz CT molecular complexity index is 184. The molecule has 0 saturated heterocycles. The Morgan fingerprint density at radius 1 is 1.50 bits per heavy atom. The van der Waals surface area contributed by atoms with Crippen molar-refractivity contribution in [1.29, 1.82) is 0 Å². The van der Waals surface area contributed by atoms with Gasteiger partial charge in [0.2, 0.25) is 5.91 Å². The Labute approximate surface area is 86.8 Å². The topological polar surface area (TPSA) is 58.4 Å². The lowest BCUT2D eigenvalue weighted by atomic mass is 9.97. The molecule has 0 aliphatic rings. The van der Waals surface area contributed by atoms with Gasteiger partial charge in [-0.25, -0.2) is 0 Å². The highest BCUT2D eigenvalue weighted by Gasteiger charge is 2.28. The number of likely N-dealkylation sites (N-methyl/N-ethyl adjacent to an activating group) is 1. The van der Waals surface area contributed by atoms with E-state index in [9.17, 15) is 4.79 Å². The average molecular weight is 201 g/mol. The number of nitrogens with two attached hydrogens (primary N) is 1. The van der Waals surface area contributed by atoms with Crippen LogP contribution in [0.4, 0.5) is 0 Å². The maximum absolute atomic E-state index is 11.2. The van der Waals surface area contributed by atoms with Crippen LogP contribution in [0.15, 0.2) is 0 Å². The van der Waals surface area contributed by atoms with E-state index >= 15 is 0 Å². The summed E-state index contributed by atoms with van der Waals surface area (Å²) in [4.78, 5) is 13.4. The van der Waals surface area contributed by atoms with Crippen molar-refractivity contribution < 1.29 is 4.79 Å². The van der Waals surface area contributed by atoms with Gasteiger partial charge in [0, 0.05) is 6.54 Å². The molecule has 0 saturated carbocycles. The maximum atomic E-state index is 11.2. The first kappa shape index (κ1) is 13.4. The molecule has 0 aliphatic heterocycles. The van der Waals surface area contributed by atoms with E-state index in [4.69, 9.17) is 5.73 Å². The quantitative estimate of drug-likeness (QED) is 0.618. The van der Waals surface area contributed by atoms with Gasteiger partial charge in [-0.2, -0.15) is 0 Å². The van der Waals surface area contributed by atoms with Crippen LogP contribution in [0, 0.1) is 0 Å². The zero-order valence-electron chi connectivity index (χ0n) is 9.76. The van der Waals surface area contributed by atoms with Crippen LogP contribution in [-0.2, 0) is 4.79 Å². The van der Waals surface area contributed by atoms with E-state index in [2.05, 4.69) is 24.2 Å². The van der Waals surface area contributed by atoms with Crippen molar-refractivity contribution in [3.63, 3.8) is 0 Å². The fourth-order valence-corrected chi connectivity index (χ4v) is 1.28. The number of primary amides is 1. The van der Waals surface area contributed by atoms with Crippen molar-refractivity contribution in [2.24, 2.45) is 5.73 Å². The normalized spacial score (nSPS) is 15.5. The number of amides is 1. The molecule has 4 nitrogen and oxygen atoms in total. The number of nitrogens with one attached hydrogen (secondary N) is 1. The molecule has 0 fully saturated rings. The van der Waals surface area contributed by atoms with Crippen LogP contribution in [0.1, 0.15) is 26.7 Å². The molecule has 0 aromatic carbocycles. The van der Waals surface area contributed by atoms with Crippen LogP contribution in [0.5, 0.6) is 0 Å². The number of rotatable bonds is 7. The van der Waals surface area contributed by atoms with Gasteiger partial charge in [-0.15, -0.1) is 0 Å². The molecule has 1 atom stereocenters. The first-order valence-electron chi connectivity index (χ1n) is 5.13. The minimum Gasteiger partial charge on any atom is -0.368 e. The molecule has 1 unspecified atom stereocenters. The highest BCUT2D eigenvalue weighted by atomic mass is 16.1. The Kier molecular flexibility index (Phi) is 5.72. The zero-order chi connectivity index (χ0) is 11.2. The summed E-state index contributed by atoms with van der Waals surface area (Å²) in [5.74, 6) is -0.287. The van der Waals surface area contributed by atoms with Crippen molar-refractivity contribution in [1.82, 2.24) is 10.2 Å². The molecule has 4 heteroatoms. The van der Waals surface area contributed by atoms with E-state index in [1.54, 1.807) is 7.05 Å². The lowest BCUT2D eigenvalue weighted by Gasteiger charge is -2.27. The number of carbonyl (C=O) groups excluding carboxylic acids is 1. The Balaban J connectivity index is 4.01. The van der Waals surface area contributed by atoms with Gasteiger partial charge >= 0.3 is 0 Å². The van der Waals surface area contributed by atoms with Gasteiger partial charge in [0.15, 0.2) is 0 Å². The van der Waals surface area contributed by atoms with E-state index < -0.39 is 5.54 Å². The van der Waals surface area contributed by atoms with E-state index in [0.29, 0.717) is 0 Å². The van der Waals surface area contributed by atoms with Crippen LogP contribution in [-0.4, -0.2) is 43.5 Å². The van der Waals surface area contributed by atoms with Gasteiger partial charge in [0.25, 0.3) is 0 Å². The van der Waals surface area contributed by atoms with Gasteiger partial charge < -0.3 is 16.0 Å². The van der Waals surface area contributed by atoms with Gasteiger partial charge in [0.05, 0.1) is 5.54 Å². The van der Waals surface area contributed by atoms with Crippen LogP contribution in [0.2, 0.25) is 0 Å². The molecule has 14 heavy (non-hydrogen) atoms. The van der Waals surface area contributed by atoms with Crippen molar-refractivity contribution in [2.75, 3.05) is 27.2 Å². The Hall–Kier alpha value is -0.610. The summed E-state index contributed by atoms with van der Waals surface area (Å²) in [5.41, 5.74) is 4.74. The summed E-state index contributed by atoms with van der Waals surface area (Å²) in [6, 6.07) is 0.